The SMILES string of the molecule is COc1ccc(C)cc1NC(=O)C(Sc1cc(C)nc(C)n1)c1ccccc1. The molecule has 0 spiro atoms. The molecular weight excluding hydrogens is 370 g/mol. The van der Waals surface area contributed by atoms with Crippen molar-refractivity contribution in [1.29, 1.82) is 0 Å². The van der Waals surface area contributed by atoms with Crippen LogP contribution in [-0.2, 0) is 4.79 Å². The van der Waals surface area contributed by atoms with Crippen LogP contribution < -0.4 is 10.1 Å². The third-order valence-electron chi connectivity index (χ3n) is 4.13. The van der Waals surface area contributed by atoms with Crippen LogP contribution in [0, 0.1) is 20.8 Å². The predicted octanol–water partition coefficient (Wildman–Crippen LogP) is 4.88. The molecule has 1 unspecified atom stereocenters. The number of rotatable bonds is 6. The summed E-state index contributed by atoms with van der Waals surface area (Å²) in [6, 6.07) is 17.3. The first-order valence-electron chi connectivity index (χ1n) is 8.95. The van der Waals surface area contributed by atoms with E-state index in [9.17, 15) is 4.79 Å². The molecule has 1 atom stereocenters. The van der Waals surface area contributed by atoms with Crippen LogP contribution in [0.1, 0.15) is 27.9 Å². The Hall–Kier alpha value is -2.86. The normalized spacial score (nSPS) is 11.7. The maximum Gasteiger partial charge on any atom is 0.242 e. The summed E-state index contributed by atoms with van der Waals surface area (Å²) in [6.45, 7) is 5.76. The Morgan fingerprint density at radius 2 is 1.79 bits per heavy atom. The first kappa shape index (κ1) is 19.9. The zero-order valence-corrected chi connectivity index (χ0v) is 17.2. The van der Waals surface area contributed by atoms with Crippen LogP contribution in [0.4, 0.5) is 5.69 Å². The molecule has 0 saturated carbocycles. The van der Waals surface area contributed by atoms with Crippen molar-refractivity contribution < 1.29 is 9.53 Å². The number of hydrogen-bond donors (Lipinski definition) is 1. The lowest BCUT2D eigenvalue weighted by Gasteiger charge is -2.18. The molecule has 3 rings (SSSR count). The van der Waals surface area contributed by atoms with E-state index in [-0.39, 0.29) is 5.91 Å². The van der Waals surface area contributed by atoms with E-state index in [1.165, 1.54) is 11.8 Å². The van der Waals surface area contributed by atoms with Gasteiger partial charge in [0.05, 0.1) is 12.8 Å². The van der Waals surface area contributed by atoms with Crippen LogP contribution in [0.2, 0.25) is 0 Å². The number of aromatic nitrogens is 2. The summed E-state index contributed by atoms with van der Waals surface area (Å²) in [4.78, 5) is 22.0. The molecule has 1 N–H and O–H groups in total. The molecule has 5 nitrogen and oxygen atoms in total. The lowest BCUT2D eigenvalue weighted by molar-refractivity contribution is -0.115. The highest BCUT2D eigenvalue weighted by Gasteiger charge is 2.24. The van der Waals surface area contributed by atoms with Crippen LogP contribution in [0.15, 0.2) is 59.6 Å². The van der Waals surface area contributed by atoms with Crippen LogP contribution in [-0.4, -0.2) is 23.0 Å². The first-order chi connectivity index (χ1) is 13.5. The van der Waals surface area contributed by atoms with E-state index < -0.39 is 5.25 Å². The van der Waals surface area contributed by atoms with Gasteiger partial charge < -0.3 is 10.1 Å². The Kier molecular flexibility index (Phi) is 6.31. The van der Waals surface area contributed by atoms with Crippen molar-refractivity contribution >= 4 is 23.4 Å². The first-order valence-corrected chi connectivity index (χ1v) is 9.83. The summed E-state index contributed by atoms with van der Waals surface area (Å²) in [5, 5.41) is 3.33. The summed E-state index contributed by atoms with van der Waals surface area (Å²) in [5.74, 6) is 1.19. The number of thioether (sulfide) groups is 1. The molecule has 0 aliphatic carbocycles. The van der Waals surface area contributed by atoms with E-state index in [4.69, 9.17) is 4.74 Å². The Labute approximate surface area is 169 Å². The maximum atomic E-state index is 13.2. The number of hydrogen-bond acceptors (Lipinski definition) is 5. The van der Waals surface area contributed by atoms with Gasteiger partial charge in [-0.2, -0.15) is 0 Å². The highest BCUT2D eigenvalue weighted by atomic mass is 32.2. The summed E-state index contributed by atoms with van der Waals surface area (Å²) in [5.41, 5.74) is 3.49. The molecular formula is C22H23N3O2S. The minimum atomic E-state index is -0.458. The molecule has 1 aromatic heterocycles. The van der Waals surface area contributed by atoms with Crippen molar-refractivity contribution in [1.82, 2.24) is 9.97 Å². The van der Waals surface area contributed by atoms with E-state index in [1.54, 1.807) is 7.11 Å². The van der Waals surface area contributed by atoms with Crippen LogP contribution in [0.3, 0.4) is 0 Å². The van der Waals surface area contributed by atoms with Crippen molar-refractivity contribution in [3.05, 3.63) is 77.2 Å². The van der Waals surface area contributed by atoms with Crippen LogP contribution >= 0.6 is 11.8 Å². The Morgan fingerprint density at radius 1 is 1.04 bits per heavy atom. The van der Waals surface area contributed by atoms with Gasteiger partial charge in [-0.15, -0.1) is 0 Å². The van der Waals surface area contributed by atoms with Crippen molar-refractivity contribution in [2.75, 3.05) is 12.4 Å². The lowest BCUT2D eigenvalue weighted by atomic mass is 10.1. The number of benzene rings is 2. The van der Waals surface area contributed by atoms with Gasteiger partial charge in [-0.25, -0.2) is 9.97 Å². The highest BCUT2D eigenvalue weighted by Crippen LogP contribution is 2.36. The van der Waals surface area contributed by atoms with Crippen molar-refractivity contribution in [3.63, 3.8) is 0 Å². The molecule has 1 heterocycles. The zero-order valence-electron chi connectivity index (χ0n) is 16.4. The average Bonchev–Trinajstić information content (AvgIpc) is 2.66. The van der Waals surface area contributed by atoms with Gasteiger partial charge in [-0.3, -0.25) is 4.79 Å². The lowest BCUT2D eigenvalue weighted by Crippen LogP contribution is -2.19. The summed E-state index contributed by atoms with van der Waals surface area (Å²) in [7, 11) is 1.59. The Balaban J connectivity index is 1.93. The number of methoxy groups -OCH3 is 1. The average molecular weight is 394 g/mol. The monoisotopic (exact) mass is 393 g/mol. The van der Waals surface area contributed by atoms with E-state index in [0.29, 0.717) is 17.3 Å². The van der Waals surface area contributed by atoms with Crippen molar-refractivity contribution in [2.24, 2.45) is 0 Å². The zero-order chi connectivity index (χ0) is 20.1. The van der Waals surface area contributed by atoms with Gasteiger partial charge in [-0.1, -0.05) is 48.2 Å². The number of aryl methyl sites for hydroxylation is 3. The number of amides is 1. The summed E-state index contributed by atoms with van der Waals surface area (Å²) < 4.78 is 5.39. The van der Waals surface area contributed by atoms with E-state index in [2.05, 4.69) is 15.3 Å². The van der Waals surface area contributed by atoms with Gasteiger partial charge >= 0.3 is 0 Å². The third-order valence-corrected chi connectivity index (χ3v) is 5.31. The molecule has 0 fully saturated rings. The molecule has 2 aromatic carbocycles. The van der Waals surface area contributed by atoms with Crippen molar-refractivity contribution in [2.45, 2.75) is 31.0 Å². The smallest absolute Gasteiger partial charge is 0.242 e. The quantitative estimate of drug-likeness (QED) is 0.477. The number of carbonyl (C=O) groups excluding carboxylic acids is 1. The van der Waals surface area contributed by atoms with E-state index in [1.807, 2.05) is 75.4 Å². The number of nitrogens with zero attached hydrogens (tertiary/aromatic N) is 2. The second-order valence-electron chi connectivity index (χ2n) is 6.50. The molecule has 144 valence electrons. The fourth-order valence-electron chi connectivity index (χ4n) is 2.88. The van der Waals surface area contributed by atoms with Gasteiger partial charge in [0.25, 0.3) is 0 Å². The topological polar surface area (TPSA) is 64.1 Å². The predicted molar refractivity (Wildman–Crippen MR) is 113 cm³/mol. The molecule has 0 saturated heterocycles. The molecule has 3 aromatic rings. The Morgan fingerprint density at radius 3 is 2.46 bits per heavy atom. The van der Waals surface area contributed by atoms with Crippen LogP contribution in [0.25, 0.3) is 0 Å². The minimum absolute atomic E-state index is 0.131. The number of ether oxygens (including phenoxy) is 1. The summed E-state index contributed by atoms with van der Waals surface area (Å²) in [6.07, 6.45) is 0. The van der Waals surface area contributed by atoms with Gasteiger partial charge in [0.1, 0.15) is 21.8 Å². The highest BCUT2D eigenvalue weighted by molar-refractivity contribution is 8.00. The van der Waals surface area contributed by atoms with E-state index in [0.717, 1.165) is 21.8 Å². The Bertz CT molecular complexity index is 957. The second kappa shape index (κ2) is 8.89. The van der Waals surface area contributed by atoms with Gasteiger partial charge in [0, 0.05) is 5.69 Å². The van der Waals surface area contributed by atoms with Crippen LogP contribution in [0.5, 0.6) is 5.75 Å². The fraction of sp³-hybridized carbons (Fsp3) is 0.227. The van der Waals surface area contributed by atoms with Crippen molar-refractivity contribution in [3.8, 4) is 5.75 Å². The number of nitrogens with one attached hydrogen (secondary N) is 1. The molecule has 1 amide bonds. The van der Waals surface area contributed by atoms with Gasteiger partial charge in [0.15, 0.2) is 0 Å². The third kappa shape index (κ3) is 4.89. The molecule has 0 radical (unpaired) electrons. The molecule has 6 heteroatoms. The fourth-order valence-corrected chi connectivity index (χ4v) is 4.01. The molecule has 0 aliphatic heterocycles. The number of carbonyl (C=O) groups is 1. The summed E-state index contributed by atoms with van der Waals surface area (Å²) >= 11 is 1.41. The molecule has 0 aliphatic rings. The van der Waals surface area contributed by atoms with Gasteiger partial charge in [-0.05, 0) is 50.1 Å². The van der Waals surface area contributed by atoms with E-state index >= 15 is 0 Å². The number of anilines is 1. The molecule has 0 bridgehead atoms. The largest absolute Gasteiger partial charge is 0.495 e. The minimum Gasteiger partial charge on any atom is -0.495 e. The standard InChI is InChI=1S/C22H23N3O2S/c1-14-10-11-19(27-4)18(12-14)25-22(26)21(17-8-6-5-7-9-17)28-20-13-15(2)23-16(3)24-20/h5-13,21H,1-4H3,(H,25,26). The maximum absolute atomic E-state index is 13.2. The molecule has 28 heavy (non-hydrogen) atoms. The second-order valence-corrected chi connectivity index (χ2v) is 7.62. The van der Waals surface area contributed by atoms with Gasteiger partial charge in [0.2, 0.25) is 5.91 Å².